The molecule has 0 aliphatic rings. The topological polar surface area (TPSA) is 55.5 Å². The van der Waals surface area contributed by atoms with Crippen LogP contribution < -0.4 is 4.74 Å². The molecule has 0 bridgehead atoms. The maximum absolute atomic E-state index is 9.02. The highest BCUT2D eigenvalue weighted by molar-refractivity contribution is 5.30. The number of aromatic nitrogens is 1. The van der Waals surface area contributed by atoms with Crippen LogP contribution in [0.1, 0.15) is 5.89 Å². The molecule has 0 saturated heterocycles. The molecule has 1 N–H and O–H groups in total. The van der Waals surface area contributed by atoms with Crippen LogP contribution in [0.4, 0.5) is 0 Å². The maximum atomic E-state index is 9.02. The van der Waals surface area contributed by atoms with Gasteiger partial charge in [-0.2, -0.15) is 0 Å². The highest BCUT2D eigenvalue weighted by Gasteiger charge is 1.98. The largest absolute Gasteiger partial charge is 0.508 e. The Bertz CT molecular complexity index is 380. The van der Waals surface area contributed by atoms with Crippen molar-refractivity contribution in [1.82, 2.24) is 4.98 Å². The zero-order valence-corrected chi connectivity index (χ0v) is 7.38. The molecular weight excluding hydrogens is 182 g/mol. The molecule has 0 aliphatic heterocycles. The van der Waals surface area contributed by atoms with Crippen LogP contribution in [0.25, 0.3) is 0 Å². The van der Waals surface area contributed by atoms with E-state index < -0.39 is 0 Å². The van der Waals surface area contributed by atoms with E-state index in [0.29, 0.717) is 11.6 Å². The second-order valence-electron chi connectivity index (χ2n) is 2.71. The van der Waals surface area contributed by atoms with Gasteiger partial charge in [0.15, 0.2) is 6.61 Å². The number of hydrogen-bond acceptors (Lipinski definition) is 4. The second kappa shape index (κ2) is 3.83. The highest BCUT2D eigenvalue weighted by atomic mass is 16.5. The minimum absolute atomic E-state index is 0.216. The van der Waals surface area contributed by atoms with Crippen LogP contribution in [0.5, 0.6) is 11.5 Å². The number of hydrogen-bond donors (Lipinski definition) is 1. The van der Waals surface area contributed by atoms with Gasteiger partial charge in [0, 0.05) is 0 Å². The standard InChI is InChI=1S/C10H9NO3/c12-8-1-3-9(4-2-8)14-7-10-11-5-6-13-10/h1-6,12H,7H2. The lowest BCUT2D eigenvalue weighted by atomic mass is 10.3. The SMILES string of the molecule is Oc1ccc(OCc2ncco2)cc1. The molecule has 4 heteroatoms. The molecule has 0 saturated carbocycles. The van der Waals surface area contributed by atoms with Crippen LogP contribution in [0, 0.1) is 0 Å². The van der Waals surface area contributed by atoms with Crippen LogP contribution in [-0.4, -0.2) is 10.1 Å². The Morgan fingerprint density at radius 3 is 2.71 bits per heavy atom. The number of phenolic OH excluding ortho intramolecular Hbond substituents is 1. The summed E-state index contributed by atoms with van der Waals surface area (Å²) in [7, 11) is 0. The lowest BCUT2D eigenvalue weighted by molar-refractivity contribution is 0.262. The molecule has 14 heavy (non-hydrogen) atoms. The quantitative estimate of drug-likeness (QED) is 0.805. The fourth-order valence-corrected chi connectivity index (χ4v) is 1.01. The molecule has 0 amide bonds. The van der Waals surface area contributed by atoms with Crippen LogP contribution >= 0.6 is 0 Å². The number of nitrogens with zero attached hydrogens (tertiary/aromatic N) is 1. The Kier molecular flexibility index (Phi) is 2.36. The molecule has 1 aromatic carbocycles. The molecule has 1 heterocycles. The summed E-state index contributed by atoms with van der Waals surface area (Å²) in [6, 6.07) is 6.48. The Balaban J connectivity index is 1.95. The third kappa shape index (κ3) is 2.04. The van der Waals surface area contributed by atoms with Gasteiger partial charge in [0.1, 0.15) is 17.8 Å². The van der Waals surface area contributed by atoms with E-state index in [-0.39, 0.29) is 12.4 Å². The lowest BCUT2D eigenvalue weighted by Crippen LogP contribution is -1.94. The summed E-state index contributed by atoms with van der Waals surface area (Å²) in [4.78, 5) is 3.91. The fourth-order valence-electron chi connectivity index (χ4n) is 1.01. The van der Waals surface area contributed by atoms with Crippen LogP contribution in [0.2, 0.25) is 0 Å². The van der Waals surface area contributed by atoms with Gasteiger partial charge in [0.05, 0.1) is 6.20 Å². The van der Waals surface area contributed by atoms with Crippen molar-refractivity contribution in [3.63, 3.8) is 0 Å². The van der Waals surface area contributed by atoms with Gasteiger partial charge < -0.3 is 14.3 Å². The van der Waals surface area contributed by atoms with Gasteiger partial charge in [-0.3, -0.25) is 0 Å². The Morgan fingerprint density at radius 1 is 1.29 bits per heavy atom. The lowest BCUT2D eigenvalue weighted by Gasteiger charge is -2.02. The number of aromatic hydroxyl groups is 1. The van der Waals surface area contributed by atoms with Gasteiger partial charge in [0.25, 0.3) is 0 Å². The number of rotatable bonds is 3. The number of ether oxygens (including phenoxy) is 1. The van der Waals surface area contributed by atoms with Gasteiger partial charge in [0.2, 0.25) is 5.89 Å². The predicted molar refractivity (Wildman–Crippen MR) is 48.9 cm³/mol. The first-order valence-electron chi connectivity index (χ1n) is 4.15. The minimum Gasteiger partial charge on any atom is -0.508 e. The molecule has 0 atom stereocenters. The van der Waals surface area contributed by atoms with Crippen molar-refractivity contribution in [1.29, 1.82) is 0 Å². The van der Waals surface area contributed by atoms with Crippen molar-refractivity contribution in [3.05, 3.63) is 42.6 Å². The third-order valence-electron chi connectivity index (χ3n) is 1.68. The molecule has 0 radical (unpaired) electrons. The van der Waals surface area contributed by atoms with Gasteiger partial charge in [-0.25, -0.2) is 4.98 Å². The predicted octanol–water partition coefficient (Wildman–Crippen LogP) is 1.96. The van der Waals surface area contributed by atoms with Gasteiger partial charge in [-0.05, 0) is 24.3 Å². The average Bonchev–Trinajstić information content (AvgIpc) is 2.70. The highest BCUT2D eigenvalue weighted by Crippen LogP contribution is 2.16. The van der Waals surface area contributed by atoms with E-state index in [2.05, 4.69) is 4.98 Å². The van der Waals surface area contributed by atoms with Crippen LogP contribution in [0.15, 0.2) is 41.1 Å². The molecule has 72 valence electrons. The molecule has 0 spiro atoms. The Labute approximate surface area is 80.8 Å². The van der Waals surface area contributed by atoms with Crippen molar-refractivity contribution in [3.8, 4) is 11.5 Å². The zero-order chi connectivity index (χ0) is 9.80. The normalized spacial score (nSPS) is 10.0. The van der Waals surface area contributed by atoms with Gasteiger partial charge >= 0.3 is 0 Å². The zero-order valence-electron chi connectivity index (χ0n) is 7.38. The van der Waals surface area contributed by atoms with E-state index in [1.807, 2.05) is 0 Å². The van der Waals surface area contributed by atoms with Crippen LogP contribution in [0.3, 0.4) is 0 Å². The number of benzene rings is 1. The summed E-state index contributed by atoms with van der Waals surface area (Å²) < 4.78 is 10.3. The molecule has 4 nitrogen and oxygen atoms in total. The van der Waals surface area contributed by atoms with Crippen molar-refractivity contribution >= 4 is 0 Å². The van der Waals surface area contributed by atoms with E-state index in [9.17, 15) is 0 Å². The fraction of sp³-hybridized carbons (Fsp3) is 0.100. The van der Waals surface area contributed by atoms with Crippen molar-refractivity contribution in [2.24, 2.45) is 0 Å². The van der Waals surface area contributed by atoms with Gasteiger partial charge in [-0.15, -0.1) is 0 Å². The molecular formula is C10H9NO3. The molecule has 0 fully saturated rings. The maximum Gasteiger partial charge on any atom is 0.232 e. The van der Waals surface area contributed by atoms with E-state index in [1.54, 1.807) is 30.5 Å². The summed E-state index contributed by atoms with van der Waals surface area (Å²) >= 11 is 0. The van der Waals surface area contributed by atoms with E-state index in [0.717, 1.165) is 0 Å². The van der Waals surface area contributed by atoms with Gasteiger partial charge in [-0.1, -0.05) is 0 Å². The number of phenols is 1. The summed E-state index contributed by atoms with van der Waals surface area (Å²) in [5, 5.41) is 9.02. The van der Waals surface area contributed by atoms with Crippen molar-refractivity contribution in [2.45, 2.75) is 6.61 Å². The molecule has 0 unspecified atom stereocenters. The first-order chi connectivity index (χ1) is 6.84. The summed E-state index contributed by atoms with van der Waals surface area (Å²) in [5.74, 6) is 1.41. The number of oxazole rings is 1. The van der Waals surface area contributed by atoms with Crippen molar-refractivity contribution in [2.75, 3.05) is 0 Å². The minimum atomic E-state index is 0.216. The van der Waals surface area contributed by atoms with E-state index in [1.165, 1.54) is 6.26 Å². The Hall–Kier alpha value is -1.97. The summed E-state index contributed by atoms with van der Waals surface area (Å²) in [5.41, 5.74) is 0. The Morgan fingerprint density at radius 2 is 2.07 bits per heavy atom. The third-order valence-corrected chi connectivity index (χ3v) is 1.68. The molecule has 0 aliphatic carbocycles. The summed E-state index contributed by atoms with van der Waals surface area (Å²) in [6.45, 7) is 0.289. The monoisotopic (exact) mass is 191 g/mol. The van der Waals surface area contributed by atoms with Crippen molar-refractivity contribution < 1.29 is 14.3 Å². The van der Waals surface area contributed by atoms with Crippen LogP contribution in [-0.2, 0) is 6.61 Å². The first-order valence-corrected chi connectivity index (χ1v) is 4.15. The van der Waals surface area contributed by atoms with E-state index in [4.69, 9.17) is 14.3 Å². The second-order valence-corrected chi connectivity index (χ2v) is 2.71. The molecule has 1 aromatic heterocycles. The average molecular weight is 191 g/mol. The molecule has 2 rings (SSSR count). The molecule has 2 aromatic rings. The smallest absolute Gasteiger partial charge is 0.232 e. The first kappa shape index (κ1) is 8.62. The van der Waals surface area contributed by atoms with E-state index >= 15 is 0 Å². The summed E-state index contributed by atoms with van der Waals surface area (Å²) in [6.07, 6.45) is 3.06.